The molecule has 0 radical (unpaired) electrons. The van der Waals surface area contributed by atoms with E-state index in [1.54, 1.807) is 24.3 Å². The molecule has 22 nitrogen and oxygen atoms in total. The molecule has 6 rings (SSSR count). The van der Waals surface area contributed by atoms with Gasteiger partial charge in [-0.25, -0.2) is 29.0 Å². The summed E-state index contributed by atoms with van der Waals surface area (Å²) in [6, 6.07) is 3.57. The van der Waals surface area contributed by atoms with E-state index >= 15 is 0 Å². The second-order valence-corrected chi connectivity index (χ2v) is 18.3. The van der Waals surface area contributed by atoms with Crippen LogP contribution in [0.5, 0.6) is 11.5 Å². The molecule has 424 valence electrons. The Labute approximate surface area is 441 Å². The van der Waals surface area contributed by atoms with Gasteiger partial charge in [0.25, 0.3) is 11.8 Å². The predicted molar refractivity (Wildman–Crippen MR) is 254 cm³/mol. The lowest BCUT2D eigenvalue weighted by molar-refractivity contribution is -0.275. The first-order valence-corrected chi connectivity index (χ1v) is 23.0. The van der Waals surface area contributed by atoms with Crippen molar-refractivity contribution in [1.29, 1.82) is 0 Å². The molecule has 8 amide bonds. The SMILES string of the molecule is COCCN(C)C(C(=O)Nc1cc(N2C(=O)N(Cc3ccncc3)C(C)(C)C2=O)ccc1OC(F)(F)F)C(NCC(=O)Nc1cc(N2C(=O)N(Cc3ccncc3)C(C)(C)C2=O)ccc1OC(F)(F)F)C(=O)OC(=O)C(F)(F)F. The number of esters is 2. The topological polar surface area (TPSA) is 252 Å². The molecular formula is C48H47F9N10O12. The number of rotatable bonds is 20. The fourth-order valence-electron chi connectivity index (χ4n) is 8.06. The Bertz CT molecular complexity index is 2980. The number of benzene rings is 2. The Morgan fingerprint density at radius 3 is 1.49 bits per heavy atom. The lowest BCUT2D eigenvalue weighted by atomic mass is 10.0. The van der Waals surface area contributed by atoms with Crippen LogP contribution in [0.25, 0.3) is 0 Å². The standard InChI is InChI=1S/C48H47F9N10O12/c1-44(2)39(71)66(42(74)64(44)24-26-11-15-58-16-12-26)28-7-9-32(78-47(52,53)54)30(21-28)61-34(68)23-60-35(38(70)77-41(73)46(49,50)51)36(63(5)19-20-76-6)37(69)62-31-22-29(8-10-33(31)79-48(55,56)57)67-40(72)45(3,4)65(43(67)75)25-27-13-17-59-18-14-27/h7-18,21-22,35-36,60H,19-20,23-25H2,1-6H3,(H,61,68)(H,62,69). The maximum absolute atomic E-state index is 14.5. The molecule has 4 aromatic rings. The molecule has 2 aromatic heterocycles. The van der Waals surface area contributed by atoms with Crippen LogP contribution in [0.1, 0.15) is 38.8 Å². The van der Waals surface area contributed by atoms with Crippen LogP contribution in [0, 0.1) is 0 Å². The number of aromatic nitrogens is 2. The molecule has 2 atom stereocenters. The zero-order chi connectivity index (χ0) is 58.6. The third-order valence-corrected chi connectivity index (χ3v) is 12.1. The van der Waals surface area contributed by atoms with Gasteiger partial charge in [0.15, 0.2) is 11.5 Å². The molecule has 2 aromatic carbocycles. The largest absolute Gasteiger partial charge is 0.573 e. The summed E-state index contributed by atoms with van der Waals surface area (Å²) < 4.78 is 141. The van der Waals surface area contributed by atoms with Crippen molar-refractivity contribution >= 4 is 70.4 Å². The zero-order valence-electron chi connectivity index (χ0n) is 42.2. The lowest BCUT2D eigenvalue weighted by Crippen LogP contribution is -2.60. The number of imide groups is 2. The van der Waals surface area contributed by atoms with E-state index in [0.29, 0.717) is 39.1 Å². The maximum atomic E-state index is 14.5. The van der Waals surface area contributed by atoms with Crippen LogP contribution in [0.15, 0.2) is 85.5 Å². The number of anilines is 4. The normalized spacial score (nSPS) is 16.3. The number of amides is 8. The third kappa shape index (κ3) is 14.0. The van der Waals surface area contributed by atoms with Crippen molar-refractivity contribution in [3.63, 3.8) is 0 Å². The van der Waals surface area contributed by atoms with Gasteiger partial charge in [0.1, 0.15) is 23.2 Å². The monoisotopic (exact) mass is 1130 g/mol. The minimum Gasteiger partial charge on any atom is -0.404 e. The van der Waals surface area contributed by atoms with Gasteiger partial charge in [-0.2, -0.15) is 13.2 Å². The zero-order valence-corrected chi connectivity index (χ0v) is 42.2. The van der Waals surface area contributed by atoms with Crippen LogP contribution in [-0.4, -0.2) is 148 Å². The second-order valence-electron chi connectivity index (χ2n) is 18.3. The van der Waals surface area contributed by atoms with Crippen molar-refractivity contribution in [1.82, 2.24) is 30.0 Å². The Morgan fingerprint density at radius 2 is 1.09 bits per heavy atom. The maximum Gasteiger partial charge on any atom is 0.573 e. The molecule has 2 saturated heterocycles. The molecule has 2 fully saturated rings. The molecule has 3 N–H and O–H groups in total. The lowest BCUT2D eigenvalue weighted by Gasteiger charge is -2.32. The van der Waals surface area contributed by atoms with Gasteiger partial charge in [-0.3, -0.25) is 39.4 Å². The third-order valence-electron chi connectivity index (χ3n) is 12.1. The fourth-order valence-corrected chi connectivity index (χ4v) is 8.06. The number of nitrogens with one attached hydrogen (secondary N) is 3. The highest BCUT2D eigenvalue weighted by atomic mass is 19.4. The van der Waals surface area contributed by atoms with Gasteiger partial charge >= 0.3 is 42.9 Å². The Balaban J connectivity index is 1.35. The second kappa shape index (κ2) is 23.3. The first kappa shape index (κ1) is 59.8. The summed E-state index contributed by atoms with van der Waals surface area (Å²) in [5, 5.41) is 6.14. The average molecular weight is 1130 g/mol. The summed E-state index contributed by atoms with van der Waals surface area (Å²) in [5.41, 5.74) is -4.86. The molecule has 79 heavy (non-hydrogen) atoms. The molecule has 2 unspecified atom stereocenters. The minimum atomic E-state index is -5.88. The number of urea groups is 2. The number of hydrogen-bond acceptors (Lipinski definition) is 16. The molecule has 0 bridgehead atoms. The van der Waals surface area contributed by atoms with Crippen LogP contribution < -0.4 is 35.2 Å². The Kier molecular flexibility index (Phi) is 17.6. The van der Waals surface area contributed by atoms with E-state index in [1.807, 2.05) is 10.6 Å². The molecule has 31 heteroatoms. The van der Waals surface area contributed by atoms with Crippen LogP contribution in [0.4, 0.5) is 71.9 Å². The van der Waals surface area contributed by atoms with Crippen molar-refractivity contribution in [2.75, 3.05) is 54.3 Å². The quantitative estimate of drug-likeness (QED) is 0.0404. The number of halogens is 9. The van der Waals surface area contributed by atoms with Crippen molar-refractivity contribution in [2.24, 2.45) is 0 Å². The van der Waals surface area contributed by atoms with E-state index in [0.717, 1.165) is 47.1 Å². The van der Waals surface area contributed by atoms with E-state index in [-0.39, 0.29) is 19.7 Å². The van der Waals surface area contributed by atoms with Gasteiger partial charge in [-0.05, 0) is 107 Å². The summed E-state index contributed by atoms with van der Waals surface area (Å²) in [6.45, 7) is 3.00. The number of carbonyl (C=O) groups is 8. The average Bonchev–Trinajstić information content (AvgIpc) is 3.94. The van der Waals surface area contributed by atoms with Crippen LogP contribution in [0.3, 0.4) is 0 Å². The highest BCUT2D eigenvalue weighted by Gasteiger charge is 2.54. The number of nitrogens with zero attached hydrogens (tertiary/aromatic N) is 7. The van der Waals surface area contributed by atoms with Gasteiger partial charge in [0, 0.05) is 51.5 Å². The van der Waals surface area contributed by atoms with E-state index in [9.17, 15) is 77.9 Å². The fraction of sp³-hybridized carbons (Fsp3) is 0.375. The van der Waals surface area contributed by atoms with E-state index in [2.05, 4.69) is 29.5 Å². The highest BCUT2D eigenvalue weighted by Crippen LogP contribution is 2.41. The van der Waals surface area contributed by atoms with Gasteiger partial charge in [-0.1, -0.05) is 0 Å². The number of ether oxygens (including phenoxy) is 4. The Hall–Kier alpha value is -8.45. The molecule has 0 aliphatic carbocycles. The Morgan fingerprint density at radius 1 is 0.658 bits per heavy atom. The first-order valence-electron chi connectivity index (χ1n) is 23.0. The summed E-state index contributed by atoms with van der Waals surface area (Å²) in [5.74, 6) is -12.7. The molecule has 0 saturated carbocycles. The van der Waals surface area contributed by atoms with E-state index in [4.69, 9.17) is 4.74 Å². The summed E-state index contributed by atoms with van der Waals surface area (Å²) in [6.07, 6.45) is -11.2. The number of methoxy groups -OCH3 is 1. The smallest absolute Gasteiger partial charge is 0.404 e. The van der Waals surface area contributed by atoms with Crippen LogP contribution in [-0.2, 0) is 51.3 Å². The molecule has 4 heterocycles. The first-order chi connectivity index (χ1) is 36.7. The number of alkyl halides is 9. The molecule has 0 spiro atoms. The van der Waals surface area contributed by atoms with Crippen molar-refractivity contribution < 1.29 is 96.8 Å². The number of carbonyl (C=O) groups excluding carboxylic acids is 8. The molecular weight excluding hydrogens is 1080 g/mol. The van der Waals surface area contributed by atoms with Crippen LogP contribution >= 0.6 is 0 Å². The van der Waals surface area contributed by atoms with Gasteiger partial charge in [-0.15, -0.1) is 26.3 Å². The van der Waals surface area contributed by atoms with Crippen molar-refractivity contribution in [3.8, 4) is 11.5 Å². The number of likely N-dealkylation sites (N-methyl/N-ethyl adjacent to an activating group) is 1. The summed E-state index contributed by atoms with van der Waals surface area (Å²) in [4.78, 5) is 122. The van der Waals surface area contributed by atoms with Gasteiger partial charge in [0.05, 0.1) is 35.9 Å². The van der Waals surface area contributed by atoms with Crippen molar-refractivity contribution in [2.45, 2.75) is 82.8 Å². The summed E-state index contributed by atoms with van der Waals surface area (Å²) in [7, 11) is 2.17. The van der Waals surface area contributed by atoms with Crippen LogP contribution in [0.2, 0.25) is 0 Å². The van der Waals surface area contributed by atoms with E-state index in [1.165, 1.54) is 52.5 Å². The van der Waals surface area contributed by atoms with E-state index < -0.39 is 137 Å². The summed E-state index contributed by atoms with van der Waals surface area (Å²) >= 11 is 0. The van der Waals surface area contributed by atoms with Gasteiger partial charge < -0.3 is 39.4 Å². The predicted octanol–water partition coefficient (Wildman–Crippen LogP) is 5.88. The van der Waals surface area contributed by atoms with Crippen molar-refractivity contribution in [3.05, 3.63) is 96.6 Å². The molecule has 2 aliphatic rings. The molecule has 2 aliphatic heterocycles. The minimum absolute atomic E-state index is 0.139. The number of hydrogen-bond donors (Lipinski definition) is 3. The number of pyridine rings is 2. The highest BCUT2D eigenvalue weighted by molar-refractivity contribution is 6.24. The van der Waals surface area contributed by atoms with Gasteiger partial charge in [0.2, 0.25) is 11.8 Å².